The van der Waals surface area contributed by atoms with Gasteiger partial charge in [0.2, 0.25) is 5.91 Å². The molecule has 140 valence electrons. The monoisotopic (exact) mass is 382 g/mol. The quantitative estimate of drug-likeness (QED) is 0.631. The fourth-order valence-electron chi connectivity index (χ4n) is 2.41. The molecule has 1 heterocycles. The maximum Gasteiger partial charge on any atom is 0.234 e. The lowest BCUT2D eigenvalue weighted by Gasteiger charge is -2.08. The Bertz CT molecular complexity index is 925. The van der Waals surface area contributed by atoms with Gasteiger partial charge in [-0.15, -0.1) is 10.2 Å². The summed E-state index contributed by atoms with van der Waals surface area (Å²) in [6.07, 6.45) is 0. The second kappa shape index (κ2) is 8.73. The molecule has 3 rings (SSSR count). The van der Waals surface area contributed by atoms with Crippen LogP contribution in [0.25, 0.3) is 0 Å². The number of amides is 1. The number of rotatable bonds is 7. The number of benzene rings is 2. The first-order valence-electron chi connectivity index (χ1n) is 8.59. The molecule has 6 nitrogen and oxygen atoms in total. The summed E-state index contributed by atoms with van der Waals surface area (Å²) in [5.41, 5.74) is 3.15. The van der Waals surface area contributed by atoms with Crippen LogP contribution < -0.4 is 10.1 Å². The predicted octanol–water partition coefficient (Wildman–Crippen LogP) is 3.74. The molecule has 27 heavy (non-hydrogen) atoms. The van der Waals surface area contributed by atoms with Crippen LogP contribution in [0.4, 0.5) is 5.69 Å². The highest BCUT2D eigenvalue weighted by molar-refractivity contribution is 7.99. The summed E-state index contributed by atoms with van der Waals surface area (Å²) in [7, 11) is 1.87. The molecule has 0 aliphatic heterocycles. The molecule has 0 saturated carbocycles. The van der Waals surface area contributed by atoms with Crippen LogP contribution in [0, 0.1) is 13.8 Å². The summed E-state index contributed by atoms with van der Waals surface area (Å²) in [6, 6.07) is 15.4. The second-order valence-electron chi connectivity index (χ2n) is 6.20. The van der Waals surface area contributed by atoms with Crippen molar-refractivity contribution in [1.29, 1.82) is 0 Å². The average molecular weight is 382 g/mol. The molecule has 0 radical (unpaired) electrons. The average Bonchev–Trinajstić information content (AvgIpc) is 3.02. The van der Waals surface area contributed by atoms with Crippen LogP contribution >= 0.6 is 11.8 Å². The summed E-state index contributed by atoms with van der Waals surface area (Å²) in [5, 5.41) is 11.9. The van der Waals surface area contributed by atoms with Gasteiger partial charge in [-0.1, -0.05) is 36.0 Å². The maximum absolute atomic E-state index is 12.2. The molecule has 0 spiro atoms. The lowest BCUT2D eigenvalue weighted by atomic mass is 10.1. The van der Waals surface area contributed by atoms with Gasteiger partial charge >= 0.3 is 0 Å². The Morgan fingerprint density at radius 1 is 1.11 bits per heavy atom. The molecule has 0 bridgehead atoms. The van der Waals surface area contributed by atoms with Gasteiger partial charge in [-0.25, -0.2) is 0 Å². The second-order valence-corrected chi connectivity index (χ2v) is 7.14. The van der Waals surface area contributed by atoms with Crippen molar-refractivity contribution in [1.82, 2.24) is 14.8 Å². The largest absolute Gasteiger partial charge is 0.486 e. The van der Waals surface area contributed by atoms with Gasteiger partial charge in [0.15, 0.2) is 11.0 Å². The fraction of sp³-hybridized carbons (Fsp3) is 0.250. The van der Waals surface area contributed by atoms with E-state index < -0.39 is 0 Å². The first-order valence-corrected chi connectivity index (χ1v) is 9.57. The molecule has 0 fully saturated rings. The van der Waals surface area contributed by atoms with E-state index in [1.165, 1.54) is 17.3 Å². The molecule has 3 aromatic rings. The highest BCUT2D eigenvalue weighted by atomic mass is 32.2. The van der Waals surface area contributed by atoms with Crippen molar-refractivity contribution in [3.8, 4) is 5.75 Å². The van der Waals surface area contributed by atoms with Crippen molar-refractivity contribution in [2.24, 2.45) is 7.05 Å². The minimum absolute atomic E-state index is 0.0756. The van der Waals surface area contributed by atoms with Crippen LogP contribution in [-0.2, 0) is 18.4 Å². The van der Waals surface area contributed by atoms with Crippen LogP contribution in [-0.4, -0.2) is 26.4 Å². The van der Waals surface area contributed by atoms with Crippen molar-refractivity contribution >= 4 is 23.4 Å². The van der Waals surface area contributed by atoms with Crippen molar-refractivity contribution < 1.29 is 9.53 Å². The molecule has 1 aromatic heterocycles. The summed E-state index contributed by atoms with van der Waals surface area (Å²) in [6.45, 7) is 4.39. The third-order valence-electron chi connectivity index (χ3n) is 4.16. The first-order chi connectivity index (χ1) is 13.0. The SMILES string of the molecule is Cc1ccc(NC(=O)CSc2nnc(COc3ccccc3)n2C)cc1C. The smallest absolute Gasteiger partial charge is 0.234 e. The number of para-hydroxylation sites is 1. The zero-order valence-corrected chi connectivity index (χ0v) is 16.4. The van der Waals surface area contributed by atoms with Gasteiger partial charge in [0.25, 0.3) is 0 Å². The van der Waals surface area contributed by atoms with Crippen molar-refractivity contribution in [3.63, 3.8) is 0 Å². The number of hydrogen-bond donors (Lipinski definition) is 1. The molecule has 1 amide bonds. The summed E-state index contributed by atoms with van der Waals surface area (Å²) in [4.78, 5) is 12.2. The van der Waals surface area contributed by atoms with E-state index >= 15 is 0 Å². The fourth-order valence-corrected chi connectivity index (χ4v) is 3.14. The number of aromatic nitrogens is 3. The maximum atomic E-state index is 12.2. The van der Waals surface area contributed by atoms with E-state index in [1.54, 1.807) is 0 Å². The number of nitrogens with one attached hydrogen (secondary N) is 1. The van der Waals surface area contributed by atoms with E-state index in [4.69, 9.17) is 4.74 Å². The van der Waals surface area contributed by atoms with Crippen LogP contribution in [0.15, 0.2) is 53.7 Å². The molecule has 2 aromatic carbocycles. The lowest BCUT2D eigenvalue weighted by Crippen LogP contribution is -2.14. The van der Waals surface area contributed by atoms with Gasteiger partial charge in [0, 0.05) is 12.7 Å². The van der Waals surface area contributed by atoms with Gasteiger partial charge < -0.3 is 14.6 Å². The van der Waals surface area contributed by atoms with Crippen molar-refractivity contribution in [2.75, 3.05) is 11.1 Å². The van der Waals surface area contributed by atoms with Gasteiger partial charge in [0.1, 0.15) is 12.4 Å². The third kappa shape index (κ3) is 5.10. The van der Waals surface area contributed by atoms with E-state index in [0.29, 0.717) is 17.6 Å². The van der Waals surface area contributed by atoms with E-state index in [9.17, 15) is 4.79 Å². The van der Waals surface area contributed by atoms with E-state index in [-0.39, 0.29) is 11.7 Å². The summed E-state index contributed by atoms with van der Waals surface area (Å²) < 4.78 is 7.54. The Kier molecular flexibility index (Phi) is 6.13. The van der Waals surface area contributed by atoms with E-state index in [0.717, 1.165) is 17.0 Å². The summed E-state index contributed by atoms with van der Waals surface area (Å²) in [5.74, 6) is 1.67. The Labute approximate surface area is 163 Å². The van der Waals surface area contributed by atoms with Gasteiger partial charge in [0.05, 0.1) is 5.75 Å². The Morgan fingerprint density at radius 3 is 2.63 bits per heavy atom. The first kappa shape index (κ1) is 19.0. The third-order valence-corrected chi connectivity index (χ3v) is 5.18. The summed E-state index contributed by atoms with van der Waals surface area (Å²) >= 11 is 1.35. The lowest BCUT2D eigenvalue weighted by molar-refractivity contribution is -0.113. The molecule has 0 atom stereocenters. The molecule has 1 N–H and O–H groups in total. The van der Waals surface area contributed by atoms with Crippen LogP contribution in [0.2, 0.25) is 0 Å². The van der Waals surface area contributed by atoms with Crippen LogP contribution in [0.3, 0.4) is 0 Å². The standard InChI is InChI=1S/C20H22N4O2S/c1-14-9-10-16(11-15(14)2)21-19(25)13-27-20-23-22-18(24(20)3)12-26-17-7-5-4-6-8-17/h4-11H,12-13H2,1-3H3,(H,21,25). The molecule has 0 aliphatic carbocycles. The van der Waals surface area contributed by atoms with Gasteiger partial charge in [-0.2, -0.15) is 0 Å². The van der Waals surface area contributed by atoms with Gasteiger partial charge in [-0.05, 0) is 49.2 Å². The van der Waals surface area contributed by atoms with Crippen molar-refractivity contribution in [2.45, 2.75) is 25.6 Å². The normalized spacial score (nSPS) is 10.6. The number of anilines is 1. The number of nitrogens with zero attached hydrogens (tertiary/aromatic N) is 3. The minimum atomic E-state index is -0.0756. The number of aryl methyl sites for hydroxylation is 2. The molecule has 0 aliphatic rings. The Balaban J connectivity index is 1.52. The number of ether oxygens (including phenoxy) is 1. The molecule has 7 heteroatoms. The Hall–Kier alpha value is -2.80. The highest BCUT2D eigenvalue weighted by Gasteiger charge is 2.12. The number of hydrogen-bond acceptors (Lipinski definition) is 5. The topological polar surface area (TPSA) is 69.0 Å². The molecular formula is C20H22N4O2S. The highest BCUT2D eigenvalue weighted by Crippen LogP contribution is 2.19. The molecule has 0 saturated heterocycles. The molecular weight excluding hydrogens is 360 g/mol. The van der Waals surface area contributed by atoms with Gasteiger partial charge in [-0.3, -0.25) is 4.79 Å². The zero-order valence-electron chi connectivity index (χ0n) is 15.6. The van der Waals surface area contributed by atoms with E-state index in [1.807, 2.05) is 74.0 Å². The number of carbonyl (C=O) groups excluding carboxylic acids is 1. The van der Waals surface area contributed by atoms with Crippen LogP contribution in [0.1, 0.15) is 17.0 Å². The zero-order chi connectivity index (χ0) is 19.2. The van der Waals surface area contributed by atoms with Crippen molar-refractivity contribution in [3.05, 3.63) is 65.5 Å². The minimum Gasteiger partial charge on any atom is -0.486 e. The van der Waals surface area contributed by atoms with Crippen LogP contribution in [0.5, 0.6) is 5.75 Å². The number of thioether (sulfide) groups is 1. The predicted molar refractivity (Wildman–Crippen MR) is 107 cm³/mol. The number of carbonyl (C=O) groups is 1. The Morgan fingerprint density at radius 2 is 1.89 bits per heavy atom. The van der Waals surface area contributed by atoms with E-state index in [2.05, 4.69) is 15.5 Å². The molecule has 0 unspecified atom stereocenters.